The molecular weight excluding hydrogens is 370 g/mol. The van der Waals surface area contributed by atoms with Crippen molar-refractivity contribution in [3.05, 3.63) is 23.6 Å². The number of rotatable bonds is 3. The van der Waals surface area contributed by atoms with Gasteiger partial charge in [-0.15, -0.1) is 0 Å². The Morgan fingerprint density at radius 1 is 1.33 bits per heavy atom. The van der Waals surface area contributed by atoms with E-state index in [1.54, 1.807) is 20.8 Å². The van der Waals surface area contributed by atoms with Gasteiger partial charge in [0.15, 0.2) is 11.6 Å². The zero-order chi connectivity index (χ0) is 20.4. The third-order valence-corrected chi connectivity index (χ3v) is 4.02. The number of hydrogen-bond acceptors (Lipinski definition) is 5. The predicted molar refractivity (Wildman–Crippen MR) is 89.8 cm³/mol. The lowest BCUT2D eigenvalue weighted by atomic mass is 10.1. The van der Waals surface area contributed by atoms with E-state index in [0.717, 1.165) is 0 Å². The van der Waals surface area contributed by atoms with Crippen molar-refractivity contribution in [2.45, 2.75) is 45.0 Å². The topological polar surface area (TPSA) is 65.9 Å². The van der Waals surface area contributed by atoms with Crippen LogP contribution < -0.4 is 4.90 Å². The number of pyridine rings is 1. The Balaban J connectivity index is 2.20. The van der Waals surface area contributed by atoms with Crippen LogP contribution in [0, 0.1) is 5.82 Å². The van der Waals surface area contributed by atoms with Gasteiger partial charge in [0, 0.05) is 32.4 Å². The van der Waals surface area contributed by atoms with Crippen molar-refractivity contribution in [2.24, 2.45) is 0 Å². The van der Waals surface area contributed by atoms with Crippen LogP contribution in [0.4, 0.5) is 28.2 Å². The molecule has 0 saturated carbocycles. The molecule has 1 amide bonds. The van der Waals surface area contributed by atoms with Gasteiger partial charge in [0.05, 0.1) is 11.6 Å². The lowest BCUT2D eigenvalue weighted by Crippen LogP contribution is -2.56. The molecule has 1 aliphatic heterocycles. The Morgan fingerprint density at radius 3 is 2.52 bits per heavy atom. The molecular formula is C17H23F4N3O3. The fraction of sp³-hybridized carbons (Fsp3) is 0.647. The Hall–Kier alpha value is -2.10. The summed E-state index contributed by atoms with van der Waals surface area (Å²) in [6, 6.07) is -0.103. The van der Waals surface area contributed by atoms with Crippen LogP contribution in [-0.2, 0) is 10.9 Å². The molecule has 6 nitrogen and oxygen atoms in total. The molecule has 1 aliphatic rings. The molecule has 10 heteroatoms. The third-order valence-electron chi connectivity index (χ3n) is 4.02. The summed E-state index contributed by atoms with van der Waals surface area (Å²) in [5.41, 5.74) is -1.85. The van der Waals surface area contributed by atoms with Crippen LogP contribution in [0.25, 0.3) is 0 Å². The fourth-order valence-electron chi connectivity index (χ4n) is 2.82. The molecule has 1 saturated heterocycles. The maximum Gasteiger partial charge on any atom is 0.417 e. The summed E-state index contributed by atoms with van der Waals surface area (Å²) in [6.45, 7) is 5.44. The van der Waals surface area contributed by atoms with Gasteiger partial charge < -0.3 is 19.6 Å². The molecule has 0 radical (unpaired) electrons. The van der Waals surface area contributed by atoms with Crippen molar-refractivity contribution in [3.63, 3.8) is 0 Å². The van der Waals surface area contributed by atoms with Gasteiger partial charge in [-0.05, 0) is 33.3 Å². The maximum atomic E-state index is 14.3. The van der Waals surface area contributed by atoms with E-state index in [9.17, 15) is 27.5 Å². The van der Waals surface area contributed by atoms with Crippen LogP contribution in [0.15, 0.2) is 12.3 Å². The molecule has 27 heavy (non-hydrogen) atoms. The van der Waals surface area contributed by atoms with Crippen molar-refractivity contribution >= 4 is 11.9 Å². The molecule has 0 unspecified atom stereocenters. The molecule has 1 aromatic rings. The van der Waals surface area contributed by atoms with Crippen molar-refractivity contribution < 1.29 is 32.2 Å². The highest BCUT2D eigenvalue weighted by atomic mass is 19.4. The highest BCUT2D eigenvalue weighted by Gasteiger charge is 2.36. The summed E-state index contributed by atoms with van der Waals surface area (Å²) in [4.78, 5) is 18.8. The number of nitrogens with zero attached hydrogens (tertiary/aromatic N) is 3. The minimum atomic E-state index is -4.69. The summed E-state index contributed by atoms with van der Waals surface area (Å²) in [5, 5.41) is 9.29. The first kappa shape index (κ1) is 21.2. The molecule has 0 spiro atoms. The largest absolute Gasteiger partial charge is 0.444 e. The van der Waals surface area contributed by atoms with Gasteiger partial charge in [0.1, 0.15) is 5.60 Å². The first-order valence-corrected chi connectivity index (χ1v) is 8.50. The lowest BCUT2D eigenvalue weighted by Gasteiger charge is -2.42. The van der Waals surface area contributed by atoms with Crippen molar-refractivity contribution in [2.75, 3.05) is 31.1 Å². The van der Waals surface area contributed by atoms with Gasteiger partial charge in [0.25, 0.3) is 0 Å². The zero-order valence-electron chi connectivity index (χ0n) is 15.4. The second-order valence-electron chi connectivity index (χ2n) is 7.31. The van der Waals surface area contributed by atoms with Crippen molar-refractivity contribution in [1.29, 1.82) is 0 Å². The van der Waals surface area contributed by atoms with Gasteiger partial charge >= 0.3 is 12.3 Å². The van der Waals surface area contributed by atoms with Crippen LogP contribution in [0.2, 0.25) is 0 Å². The Kier molecular flexibility index (Phi) is 6.18. The van der Waals surface area contributed by atoms with Gasteiger partial charge in [-0.3, -0.25) is 0 Å². The van der Waals surface area contributed by atoms with E-state index in [1.165, 1.54) is 9.80 Å². The quantitative estimate of drug-likeness (QED) is 0.800. The van der Waals surface area contributed by atoms with Crippen LogP contribution in [-0.4, -0.2) is 59.0 Å². The number of halogens is 4. The Bertz CT molecular complexity index is 676. The molecule has 0 aliphatic carbocycles. The summed E-state index contributed by atoms with van der Waals surface area (Å²) in [7, 11) is 0. The molecule has 1 aromatic heterocycles. The number of alkyl halides is 3. The molecule has 1 N–H and O–H groups in total. The minimum Gasteiger partial charge on any atom is -0.444 e. The summed E-state index contributed by atoms with van der Waals surface area (Å²) >= 11 is 0. The summed E-state index contributed by atoms with van der Waals surface area (Å²) in [6.07, 6.45) is -4.45. The highest BCUT2D eigenvalue weighted by molar-refractivity contribution is 5.68. The van der Waals surface area contributed by atoms with E-state index in [-0.39, 0.29) is 38.5 Å². The predicted octanol–water partition coefficient (Wildman–Crippen LogP) is 3.05. The minimum absolute atomic E-state index is 0.137. The van der Waals surface area contributed by atoms with Crippen molar-refractivity contribution in [3.8, 4) is 0 Å². The number of carbonyl (C=O) groups is 1. The lowest BCUT2D eigenvalue weighted by molar-refractivity contribution is -0.138. The smallest absolute Gasteiger partial charge is 0.417 e. The average Bonchev–Trinajstić information content (AvgIpc) is 2.53. The SMILES string of the molecule is CC(C)(C)OC(=O)N1CCN(c2ncc(C(F)(F)F)cc2F)[C@@H](CCO)C1. The zero-order valence-corrected chi connectivity index (χ0v) is 15.4. The number of hydrogen-bond donors (Lipinski definition) is 1. The molecule has 0 aromatic carbocycles. The Labute approximate surface area is 154 Å². The number of aliphatic hydroxyl groups excluding tert-OH is 1. The standard InChI is InChI=1S/C17H23F4N3O3/c1-16(2,3)27-15(26)23-5-6-24(12(10-23)4-7-25)14-13(18)8-11(9-22-14)17(19,20)21/h8-9,12,25H,4-7,10H2,1-3H3/t12-/m0/s1. The second kappa shape index (κ2) is 7.87. The van der Waals surface area contributed by atoms with Crippen LogP contribution in [0.1, 0.15) is 32.8 Å². The number of aromatic nitrogens is 1. The molecule has 2 rings (SSSR count). The first-order chi connectivity index (χ1) is 12.4. The summed E-state index contributed by atoms with van der Waals surface area (Å²) < 4.78 is 57.7. The van der Waals surface area contributed by atoms with E-state index in [4.69, 9.17) is 4.74 Å². The van der Waals surface area contributed by atoms with Crippen LogP contribution >= 0.6 is 0 Å². The maximum absolute atomic E-state index is 14.3. The van der Waals surface area contributed by atoms with Gasteiger partial charge in [0.2, 0.25) is 0 Å². The summed E-state index contributed by atoms with van der Waals surface area (Å²) in [5.74, 6) is -1.33. The molecule has 0 bridgehead atoms. The van der Waals surface area contributed by atoms with Gasteiger partial charge in [-0.2, -0.15) is 13.2 Å². The van der Waals surface area contributed by atoms with E-state index in [1.807, 2.05) is 0 Å². The number of piperazine rings is 1. The van der Waals surface area contributed by atoms with E-state index in [2.05, 4.69) is 4.98 Å². The van der Waals surface area contributed by atoms with Crippen LogP contribution in [0.3, 0.4) is 0 Å². The normalized spacial score (nSPS) is 18.6. The first-order valence-electron chi connectivity index (χ1n) is 8.50. The number of ether oxygens (including phenoxy) is 1. The average molecular weight is 393 g/mol. The van der Waals surface area contributed by atoms with E-state index < -0.39 is 35.3 Å². The molecule has 152 valence electrons. The van der Waals surface area contributed by atoms with E-state index in [0.29, 0.717) is 12.3 Å². The van der Waals surface area contributed by atoms with Crippen molar-refractivity contribution in [1.82, 2.24) is 9.88 Å². The molecule has 1 fully saturated rings. The Morgan fingerprint density at radius 2 is 2.00 bits per heavy atom. The second-order valence-corrected chi connectivity index (χ2v) is 7.31. The van der Waals surface area contributed by atoms with Gasteiger partial charge in [-0.1, -0.05) is 0 Å². The number of aliphatic hydroxyl groups is 1. The third kappa shape index (κ3) is 5.44. The number of amides is 1. The highest BCUT2D eigenvalue weighted by Crippen LogP contribution is 2.32. The monoisotopic (exact) mass is 393 g/mol. The van der Waals surface area contributed by atoms with Gasteiger partial charge in [-0.25, -0.2) is 14.2 Å². The number of carbonyl (C=O) groups excluding carboxylic acids is 1. The fourth-order valence-corrected chi connectivity index (χ4v) is 2.82. The van der Waals surface area contributed by atoms with E-state index >= 15 is 0 Å². The molecule has 1 atom stereocenters. The van der Waals surface area contributed by atoms with Crippen LogP contribution in [0.5, 0.6) is 0 Å². The number of anilines is 1. The molecule has 2 heterocycles.